The lowest BCUT2D eigenvalue weighted by molar-refractivity contribution is -0.137. The summed E-state index contributed by atoms with van der Waals surface area (Å²) < 4.78 is 0. The van der Waals surface area contributed by atoms with E-state index in [4.69, 9.17) is 5.11 Å². The van der Waals surface area contributed by atoms with Crippen molar-refractivity contribution >= 4 is 12.0 Å². The van der Waals surface area contributed by atoms with Crippen LogP contribution in [0.5, 0.6) is 0 Å². The third kappa shape index (κ3) is 3.83. The van der Waals surface area contributed by atoms with Gasteiger partial charge in [-0.3, -0.25) is 4.79 Å². The Morgan fingerprint density at radius 1 is 1.42 bits per heavy atom. The van der Waals surface area contributed by atoms with Crippen molar-refractivity contribution in [2.75, 3.05) is 33.2 Å². The number of nitrogens with one attached hydrogen (secondary N) is 1. The third-order valence-corrected chi connectivity index (χ3v) is 4.16. The van der Waals surface area contributed by atoms with Gasteiger partial charge in [-0.05, 0) is 45.3 Å². The van der Waals surface area contributed by atoms with Crippen LogP contribution in [0.15, 0.2) is 0 Å². The Morgan fingerprint density at radius 2 is 2.11 bits per heavy atom. The van der Waals surface area contributed by atoms with Crippen LogP contribution in [0.3, 0.4) is 0 Å². The van der Waals surface area contributed by atoms with E-state index < -0.39 is 5.97 Å². The first kappa shape index (κ1) is 14.1. The predicted molar refractivity (Wildman–Crippen MR) is 71.0 cm³/mol. The number of amides is 2. The third-order valence-electron chi connectivity index (χ3n) is 4.16. The fraction of sp³-hybridized carbons (Fsp3) is 0.846. The largest absolute Gasteiger partial charge is 0.481 e. The number of carbonyl (C=O) groups is 2. The molecule has 1 atom stereocenters. The summed E-state index contributed by atoms with van der Waals surface area (Å²) in [6, 6.07) is 0.209. The summed E-state index contributed by atoms with van der Waals surface area (Å²) in [5.74, 6) is -0.240. The molecular weight excluding hydrogens is 246 g/mol. The van der Waals surface area contributed by atoms with Crippen molar-refractivity contribution < 1.29 is 14.7 Å². The molecule has 2 N–H and O–H groups in total. The highest BCUT2D eigenvalue weighted by Gasteiger charge is 2.34. The van der Waals surface area contributed by atoms with Gasteiger partial charge in [-0.15, -0.1) is 0 Å². The number of hydrogen-bond donors (Lipinski definition) is 2. The zero-order valence-corrected chi connectivity index (χ0v) is 11.5. The molecule has 2 aliphatic heterocycles. The molecule has 0 spiro atoms. The van der Waals surface area contributed by atoms with Gasteiger partial charge in [-0.1, -0.05) is 0 Å². The Hall–Kier alpha value is -1.30. The topological polar surface area (TPSA) is 72.9 Å². The molecule has 0 aromatic rings. The SMILES string of the molecule is CN1CCC(C2CN(CCCC(=O)O)C(=O)N2)CC1. The number of urea groups is 1. The summed E-state index contributed by atoms with van der Waals surface area (Å²) in [5, 5.41) is 11.7. The van der Waals surface area contributed by atoms with Crippen molar-refractivity contribution in [1.29, 1.82) is 0 Å². The average Bonchev–Trinajstić information content (AvgIpc) is 2.71. The lowest BCUT2D eigenvalue weighted by Gasteiger charge is -2.32. The smallest absolute Gasteiger partial charge is 0.317 e. The molecule has 2 aliphatic rings. The number of nitrogens with zero attached hydrogens (tertiary/aromatic N) is 2. The van der Waals surface area contributed by atoms with Gasteiger partial charge >= 0.3 is 12.0 Å². The monoisotopic (exact) mass is 269 g/mol. The predicted octanol–water partition coefficient (Wildman–Crippen LogP) is 0.587. The normalized spacial score (nSPS) is 25.6. The van der Waals surface area contributed by atoms with E-state index in [-0.39, 0.29) is 18.5 Å². The van der Waals surface area contributed by atoms with Crippen LogP contribution in [0.25, 0.3) is 0 Å². The minimum Gasteiger partial charge on any atom is -0.481 e. The van der Waals surface area contributed by atoms with E-state index in [9.17, 15) is 9.59 Å². The van der Waals surface area contributed by atoms with Gasteiger partial charge in [0.2, 0.25) is 0 Å². The standard InChI is InChI=1S/C13H23N3O3/c1-15-7-4-10(5-8-15)11-9-16(13(19)14-11)6-2-3-12(17)18/h10-11H,2-9H2,1H3,(H,14,19)(H,17,18). The molecule has 108 valence electrons. The summed E-state index contributed by atoms with van der Waals surface area (Å²) in [5.41, 5.74) is 0. The van der Waals surface area contributed by atoms with Gasteiger partial charge < -0.3 is 20.2 Å². The summed E-state index contributed by atoms with van der Waals surface area (Å²) >= 11 is 0. The fourth-order valence-corrected chi connectivity index (χ4v) is 2.93. The second-order valence-corrected chi connectivity index (χ2v) is 5.64. The lowest BCUT2D eigenvalue weighted by Crippen LogP contribution is -2.41. The average molecular weight is 269 g/mol. The highest BCUT2D eigenvalue weighted by Crippen LogP contribution is 2.23. The number of piperidine rings is 1. The highest BCUT2D eigenvalue weighted by molar-refractivity contribution is 5.77. The van der Waals surface area contributed by atoms with Crippen LogP contribution in [-0.4, -0.2) is 66.2 Å². The molecule has 0 aromatic carbocycles. The quantitative estimate of drug-likeness (QED) is 0.766. The van der Waals surface area contributed by atoms with Gasteiger partial charge in [0.1, 0.15) is 0 Å². The number of carbonyl (C=O) groups excluding carboxylic acids is 1. The molecule has 2 rings (SSSR count). The zero-order chi connectivity index (χ0) is 13.8. The Morgan fingerprint density at radius 3 is 2.74 bits per heavy atom. The molecule has 2 heterocycles. The number of rotatable bonds is 5. The molecule has 1 unspecified atom stereocenters. The van der Waals surface area contributed by atoms with Crippen LogP contribution in [0, 0.1) is 5.92 Å². The lowest BCUT2D eigenvalue weighted by atomic mass is 9.90. The molecule has 0 bridgehead atoms. The molecule has 0 radical (unpaired) electrons. The van der Waals surface area contributed by atoms with Crippen molar-refractivity contribution in [2.24, 2.45) is 5.92 Å². The second-order valence-electron chi connectivity index (χ2n) is 5.64. The molecule has 0 aliphatic carbocycles. The first-order valence-electron chi connectivity index (χ1n) is 7.02. The van der Waals surface area contributed by atoms with Gasteiger partial charge in [0.25, 0.3) is 0 Å². The van der Waals surface area contributed by atoms with Crippen molar-refractivity contribution in [3.63, 3.8) is 0 Å². The van der Waals surface area contributed by atoms with E-state index in [1.165, 1.54) is 0 Å². The van der Waals surface area contributed by atoms with E-state index in [1.807, 2.05) is 0 Å². The van der Waals surface area contributed by atoms with Gasteiger partial charge in [0.15, 0.2) is 0 Å². The van der Waals surface area contributed by atoms with E-state index in [1.54, 1.807) is 4.90 Å². The summed E-state index contributed by atoms with van der Waals surface area (Å²) in [7, 11) is 2.13. The van der Waals surface area contributed by atoms with Crippen LogP contribution in [0.4, 0.5) is 4.79 Å². The minimum atomic E-state index is -0.800. The fourth-order valence-electron chi connectivity index (χ4n) is 2.93. The summed E-state index contributed by atoms with van der Waals surface area (Å²) in [6.07, 6.45) is 2.92. The minimum absolute atomic E-state index is 0.0330. The maximum absolute atomic E-state index is 11.8. The maximum Gasteiger partial charge on any atom is 0.317 e. The van der Waals surface area contributed by atoms with Crippen molar-refractivity contribution in [2.45, 2.75) is 31.7 Å². The second kappa shape index (κ2) is 6.23. The summed E-state index contributed by atoms with van der Waals surface area (Å²) in [4.78, 5) is 26.4. The van der Waals surface area contributed by atoms with Crippen LogP contribution in [0.2, 0.25) is 0 Å². The van der Waals surface area contributed by atoms with E-state index in [0.717, 1.165) is 32.5 Å². The highest BCUT2D eigenvalue weighted by atomic mass is 16.4. The van der Waals surface area contributed by atoms with Gasteiger partial charge in [-0.2, -0.15) is 0 Å². The molecule has 2 fully saturated rings. The zero-order valence-electron chi connectivity index (χ0n) is 11.5. The van der Waals surface area contributed by atoms with Gasteiger partial charge in [-0.25, -0.2) is 4.79 Å². The first-order chi connectivity index (χ1) is 9.06. The van der Waals surface area contributed by atoms with Crippen molar-refractivity contribution in [1.82, 2.24) is 15.1 Å². The molecule has 2 amide bonds. The van der Waals surface area contributed by atoms with Crippen LogP contribution in [0.1, 0.15) is 25.7 Å². The molecule has 2 saturated heterocycles. The number of carboxylic acids is 1. The number of carboxylic acid groups (broad SMARTS) is 1. The molecule has 6 heteroatoms. The van der Waals surface area contributed by atoms with Crippen LogP contribution >= 0.6 is 0 Å². The van der Waals surface area contributed by atoms with Crippen molar-refractivity contribution in [3.05, 3.63) is 0 Å². The van der Waals surface area contributed by atoms with Gasteiger partial charge in [0, 0.05) is 19.5 Å². The van der Waals surface area contributed by atoms with Crippen LogP contribution in [-0.2, 0) is 4.79 Å². The Bertz CT molecular complexity index is 340. The molecule has 6 nitrogen and oxygen atoms in total. The summed E-state index contributed by atoms with van der Waals surface area (Å²) in [6.45, 7) is 3.46. The number of aliphatic carboxylic acids is 1. The molecule has 0 aromatic heterocycles. The molecular formula is C13H23N3O3. The number of likely N-dealkylation sites (tertiary alicyclic amines) is 1. The number of hydrogen-bond acceptors (Lipinski definition) is 3. The van der Waals surface area contributed by atoms with E-state index in [2.05, 4.69) is 17.3 Å². The van der Waals surface area contributed by atoms with E-state index in [0.29, 0.717) is 18.9 Å². The Labute approximate surface area is 113 Å². The van der Waals surface area contributed by atoms with Crippen molar-refractivity contribution in [3.8, 4) is 0 Å². The Balaban J connectivity index is 1.77. The molecule has 0 saturated carbocycles. The Kier molecular flexibility index (Phi) is 4.63. The first-order valence-corrected chi connectivity index (χ1v) is 7.02. The molecule has 19 heavy (non-hydrogen) atoms. The van der Waals surface area contributed by atoms with E-state index >= 15 is 0 Å². The maximum atomic E-state index is 11.8. The van der Waals surface area contributed by atoms with Crippen LogP contribution < -0.4 is 5.32 Å². The van der Waals surface area contributed by atoms with Gasteiger partial charge in [0.05, 0.1) is 6.04 Å².